The number of hydrogen-bond acceptors (Lipinski definition) is 4. The van der Waals surface area contributed by atoms with E-state index in [2.05, 4.69) is 5.32 Å². The summed E-state index contributed by atoms with van der Waals surface area (Å²) in [5.41, 5.74) is 0. The number of likely N-dealkylation sites (tertiary alicyclic amines) is 1. The van der Waals surface area contributed by atoms with Crippen LogP contribution < -0.4 is 5.32 Å². The topological polar surface area (TPSA) is 104 Å². The van der Waals surface area contributed by atoms with Crippen LogP contribution in [0.5, 0.6) is 0 Å². The molecular weight excluding hydrogens is 276 g/mol. The quantitative estimate of drug-likeness (QED) is 0.709. The minimum atomic E-state index is -0.884. The molecule has 1 heterocycles. The zero-order valence-corrected chi connectivity index (χ0v) is 11.8. The average Bonchev–Trinajstić information content (AvgIpc) is 2.76. The number of imide groups is 1. The lowest BCUT2D eigenvalue weighted by Crippen LogP contribution is -2.46. The summed E-state index contributed by atoms with van der Waals surface area (Å²) in [4.78, 5) is 47.0. The van der Waals surface area contributed by atoms with Crippen molar-refractivity contribution in [3.63, 3.8) is 0 Å². The Kier molecular flexibility index (Phi) is 4.93. The number of rotatable bonds is 5. The van der Waals surface area contributed by atoms with Gasteiger partial charge in [0, 0.05) is 31.8 Å². The Labute approximate surface area is 122 Å². The third-order valence-electron chi connectivity index (χ3n) is 4.15. The van der Waals surface area contributed by atoms with Crippen molar-refractivity contribution >= 4 is 23.7 Å². The van der Waals surface area contributed by atoms with Crippen LogP contribution in [0.15, 0.2) is 0 Å². The van der Waals surface area contributed by atoms with E-state index in [1.165, 1.54) is 0 Å². The number of aliphatic carboxylic acids is 1. The number of carbonyl (C=O) groups is 4. The molecule has 0 aromatic carbocycles. The number of carbonyl (C=O) groups excluding carboxylic acids is 3. The molecule has 0 bridgehead atoms. The molecule has 7 heteroatoms. The minimum absolute atomic E-state index is 0.0281. The third-order valence-corrected chi connectivity index (χ3v) is 4.15. The Bertz CT molecular complexity index is 446. The second kappa shape index (κ2) is 6.69. The van der Waals surface area contributed by atoms with E-state index in [4.69, 9.17) is 5.11 Å². The highest BCUT2D eigenvalue weighted by Gasteiger charge is 2.32. The zero-order chi connectivity index (χ0) is 15.4. The van der Waals surface area contributed by atoms with Crippen LogP contribution >= 0.6 is 0 Å². The van der Waals surface area contributed by atoms with Gasteiger partial charge in [-0.2, -0.15) is 0 Å². The van der Waals surface area contributed by atoms with Gasteiger partial charge in [-0.1, -0.05) is 12.8 Å². The highest BCUT2D eigenvalue weighted by atomic mass is 16.4. The zero-order valence-electron chi connectivity index (χ0n) is 11.8. The van der Waals surface area contributed by atoms with Gasteiger partial charge in [-0.25, -0.2) is 0 Å². The predicted octanol–water partition coefficient (Wildman–Crippen LogP) is 0.285. The van der Waals surface area contributed by atoms with Crippen molar-refractivity contribution in [2.45, 2.75) is 51.0 Å². The molecule has 1 saturated carbocycles. The Morgan fingerprint density at radius 3 is 2.38 bits per heavy atom. The van der Waals surface area contributed by atoms with E-state index in [1.54, 1.807) is 0 Å². The minimum Gasteiger partial charge on any atom is -0.481 e. The van der Waals surface area contributed by atoms with Crippen molar-refractivity contribution in [1.29, 1.82) is 0 Å². The lowest BCUT2D eigenvalue weighted by atomic mass is 9.84. The fourth-order valence-corrected chi connectivity index (χ4v) is 2.96. The van der Waals surface area contributed by atoms with Crippen LogP contribution in [0.2, 0.25) is 0 Å². The summed E-state index contributed by atoms with van der Waals surface area (Å²) < 4.78 is 0. The summed E-state index contributed by atoms with van der Waals surface area (Å²) in [5, 5.41) is 11.9. The van der Waals surface area contributed by atoms with E-state index in [9.17, 15) is 19.2 Å². The van der Waals surface area contributed by atoms with Crippen molar-refractivity contribution < 1.29 is 24.3 Å². The van der Waals surface area contributed by atoms with Crippen LogP contribution in [0, 0.1) is 5.92 Å². The van der Waals surface area contributed by atoms with Gasteiger partial charge in [-0.15, -0.1) is 0 Å². The van der Waals surface area contributed by atoms with Gasteiger partial charge in [-0.3, -0.25) is 24.1 Å². The van der Waals surface area contributed by atoms with Crippen LogP contribution in [0.4, 0.5) is 0 Å². The molecule has 2 atom stereocenters. The summed E-state index contributed by atoms with van der Waals surface area (Å²) in [7, 11) is 0. The second-order valence-corrected chi connectivity index (χ2v) is 5.59. The van der Waals surface area contributed by atoms with Gasteiger partial charge >= 0.3 is 5.97 Å². The lowest BCUT2D eigenvalue weighted by molar-refractivity contribution is -0.144. The molecule has 0 radical (unpaired) electrons. The standard InChI is InChI=1S/C14H20N2O5/c17-11(7-8-16-12(18)5-6-13(16)19)15-10-4-2-1-3-9(10)14(20)21/h9-10H,1-8H2,(H,15,17)(H,20,21). The molecule has 0 spiro atoms. The average molecular weight is 296 g/mol. The molecule has 2 N–H and O–H groups in total. The highest BCUT2D eigenvalue weighted by molar-refractivity contribution is 6.02. The normalized spacial score (nSPS) is 26.0. The molecule has 21 heavy (non-hydrogen) atoms. The van der Waals surface area contributed by atoms with Crippen LogP contribution in [0.25, 0.3) is 0 Å². The largest absolute Gasteiger partial charge is 0.481 e. The molecule has 7 nitrogen and oxygen atoms in total. The van der Waals surface area contributed by atoms with E-state index in [0.717, 1.165) is 17.7 Å². The van der Waals surface area contributed by atoms with Gasteiger partial charge in [-0.05, 0) is 12.8 Å². The van der Waals surface area contributed by atoms with E-state index in [1.807, 2.05) is 0 Å². The lowest BCUT2D eigenvalue weighted by Gasteiger charge is -2.29. The Balaban J connectivity index is 1.82. The maximum absolute atomic E-state index is 11.9. The first-order valence-electron chi connectivity index (χ1n) is 7.34. The number of nitrogens with zero attached hydrogens (tertiary/aromatic N) is 1. The Morgan fingerprint density at radius 2 is 1.76 bits per heavy atom. The first-order chi connectivity index (χ1) is 9.99. The van der Waals surface area contributed by atoms with E-state index >= 15 is 0 Å². The van der Waals surface area contributed by atoms with E-state index < -0.39 is 11.9 Å². The summed E-state index contributed by atoms with van der Waals surface area (Å²) in [6.07, 6.45) is 3.44. The van der Waals surface area contributed by atoms with Gasteiger partial charge < -0.3 is 10.4 Å². The predicted molar refractivity (Wildman–Crippen MR) is 72.1 cm³/mol. The second-order valence-electron chi connectivity index (χ2n) is 5.59. The number of hydrogen-bond donors (Lipinski definition) is 2. The Hall–Kier alpha value is -1.92. The maximum atomic E-state index is 11.9. The van der Waals surface area contributed by atoms with Crippen molar-refractivity contribution in [2.24, 2.45) is 5.92 Å². The molecule has 1 aliphatic carbocycles. The van der Waals surface area contributed by atoms with Gasteiger partial charge in [0.05, 0.1) is 5.92 Å². The van der Waals surface area contributed by atoms with Gasteiger partial charge in [0.25, 0.3) is 0 Å². The molecule has 116 valence electrons. The van der Waals surface area contributed by atoms with Crippen LogP contribution in [0.3, 0.4) is 0 Å². The van der Waals surface area contributed by atoms with Crippen LogP contribution in [-0.2, 0) is 19.2 Å². The SMILES string of the molecule is O=C(CCN1C(=O)CCC1=O)NC1CCCCC1C(=O)O. The molecule has 2 aliphatic rings. The van der Waals surface area contributed by atoms with Gasteiger partial charge in [0.1, 0.15) is 0 Å². The number of carboxylic acid groups (broad SMARTS) is 1. The third kappa shape index (κ3) is 3.80. The van der Waals surface area contributed by atoms with E-state index in [0.29, 0.717) is 12.8 Å². The van der Waals surface area contributed by atoms with Crippen molar-refractivity contribution in [2.75, 3.05) is 6.54 Å². The molecule has 2 unspecified atom stereocenters. The molecule has 1 saturated heterocycles. The molecule has 3 amide bonds. The summed E-state index contributed by atoms with van der Waals surface area (Å²) in [5.74, 6) is -2.22. The number of nitrogens with one attached hydrogen (secondary N) is 1. The van der Waals surface area contributed by atoms with Gasteiger partial charge in [0.15, 0.2) is 0 Å². The summed E-state index contributed by atoms with van der Waals surface area (Å²) >= 11 is 0. The van der Waals surface area contributed by atoms with Crippen LogP contribution in [-0.4, -0.2) is 46.3 Å². The fraction of sp³-hybridized carbons (Fsp3) is 0.714. The summed E-state index contributed by atoms with van der Waals surface area (Å²) in [6.45, 7) is 0.0773. The van der Waals surface area contributed by atoms with Gasteiger partial charge in [0.2, 0.25) is 17.7 Å². The first kappa shape index (κ1) is 15.5. The monoisotopic (exact) mass is 296 g/mol. The molecule has 0 aromatic heterocycles. The highest BCUT2D eigenvalue weighted by Crippen LogP contribution is 2.24. The van der Waals surface area contributed by atoms with Crippen molar-refractivity contribution in [3.05, 3.63) is 0 Å². The molecule has 1 aliphatic heterocycles. The van der Waals surface area contributed by atoms with Crippen molar-refractivity contribution in [3.8, 4) is 0 Å². The molecule has 2 fully saturated rings. The maximum Gasteiger partial charge on any atom is 0.308 e. The fourth-order valence-electron chi connectivity index (χ4n) is 2.96. The molecule has 0 aromatic rings. The number of amides is 3. The Morgan fingerprint density at radius 1 is 1.14 bits per heavy atom. The van der Waals surface area contributed by atoms with Crippen molar-refractivity contribution in [1.82, 2.24) is 10.2 Å². The van der Waals surface area contributed by atoms with Crippen LogP contribution in [0.1, 0.15) is 44.9 Å². The smallest absolute Gasteiger partial charge is 0.308 e. The number of carboxylic acids is 1. The first-order valence-corrected chi connectivity index (χ1v) is 7.34. The van der Waals surface area contributed by atoms with E-state index in [-0.39, 0.29) is 49.6 Å². The molecule has 2 rings (SSSR count). The summed E-state index contributed by atoms with van der Waals surface area (Å²) in [6, 6.07) is -0.353. The molecular formula is C14H20N2O5.